The summed E-state index contributed by atoms with van der Waals surface area (Å²) in [7, 11) is 0. The van der Waals surface area contributed by atoms with E-state index in [2.05, 4.69) is 46.2 Å². The van der Waals surface area contributed by atoms with Gasteiger partial charge in [-0.15, -0.1) is 0 Å². The number of guanidine groups is 1. The van der Waals surface area contributed by atoms with Crippen LogP contribution in [-0.2, 0) is 25.9 Å². The molecule has 9 N–H and O–H groups in total. The number of amides is 3. The van der Waals surface area contributed by atoms with Crippen LogP contribution < -0.4 is 37.9 Å². The Morgan fingerprint density at radius 3 is 2.07 bits per heavy atom. The van der Waals surface area contributed by atoms with Crippen molar-refractivity contribution in [2.75, 3.05) is 32.8 Å². The van der Waals surface area contributed by atoms with E-state index < -0.39 is 6.04 Å². The van der Waals surface area contributed by atoms with Crippen molar-refractivity contribution in [3.63, 3.8) is 0 Å². The molecule has 0 aliphatic carbocycles. The molecule has 13 heteroatoms. The maximum Gasteiger partial charge on any atom is 0.236 e. The molecule has 0 unspecified atom stereocenters. The van der Waals surface area contributed by atoms with Crippen LogP contribution in [-0.4, -0.2) is 62.5 Å². The molecule has 238 valence electrons. The van der Waals surface area contributed by atoms with Crippen molar-refractivity contribution in [3.05, 3.63) is 29.3 Å². The van der Waals surface area contributed by atoms with Gasteiger partial charge in [0.05, 0.1) is 12.6 Å². The number of carbonyl (C=O) groups is 3. The highest BCUT2D eigenvalue weighted by Crippen LogP contribution is 2.20. The third-order valence-electron chi connectivity index (χ3n) is 6.55. The van der Waals surface area contributed by atoms with Crippen LogP contribution in [0.2, 0.25) is 0 Å². The number of carbonyl (C=O) groups excluding carboxylic acids is 3. The first kappa shape index (κ1) is 37.4. The summed E-state index contributed by atoms with van der Waals surface area (Å²) in [5.74, 6) is 1.97. The van der Waals surface area contributed by atoms with Crippen molar-refractivity contribution in [1.29, 1.82) is 0 Å². The maximum absolute atomic E-state index is 12.2. The molecule has 1 rings (SSSR count). The second-order valence-electron chi connectivity index (χ2n) is 10.1. The van der Waals surface area contributed by atoms with Gasteiger partial charge in [0.2, 0.25) is 17.7 Å². The zero-order valence-electron chi connectivity index (χ0n) is 24.7. The Hall–Kier alpha value is -2.64. The Kier molecular flexibility index (Phi) is 21.2. The number of nitrogens with zero attached hydrogens (tertiary/aromatic N) is 1. The predicted molar refractivity (Wildman–Crippen MR) is 176 cm³/mol. The minimum Gasteiger partial charge on any atom is -0.492 e. The number of ether oxygens (including phenoxy) is 1. The fraction of sp³-hybridized carbons (Fsp3) is 0.655. The summed E-state index contributed by atoms with van der Waals surface area (Å²) < 4.78 is 5.72. The van der Waals surface area contributed by atoms with Gasteiger partial charge in [0, 0.05) is 44.0 Å². The molecular weight excluding hydrogens is 574 g/mol. The number of hydrogen-bond donors (Lipinski definition) is 8. The van der Waals surface area contributed by atoms with E-state index in [4.69, 9.17) is 21.9 Å². The largest absolute Gasteiger partial charge is 0.492 e. The van der Waals surface area contributed by atoms with Crippen molar-refractivity contribution in [3.8, 4) is 5.75 Å². The van der Waals surface area contributed by atoms with Gasteiger partial charge >= 0.3 is 0 Å². The van der Waals surface area contributed by atoms with Crippen LogP contribution >= 0.6 is 25.3 Å². The molecule has 1 aromatic rings. The van der Waals surface area contributed by atoms with Gasteiger partial charge in [-0.1, -0.05) is 18.9 Å². The van der Waals surface area contributed by atoms with Gasteiger partial charge in [-0.2, -0.15) is 25.3 Å². The van der Waals surface area contributed by atoms with E-state index >= 15 is 0 Å². The molecule has 0 aromatic heterocycles. The number of benzene rings is 1. The van der Waals surface area contributed by atoms with Gasteiger partial charge < -0.3 is 37.9 Å². The average molecular weight is 626 g/mol. The Balaban J connectivity index is 1.98. The second kappa shape index (κ2) is 23.9. The van der Waals surface area contributed by atoms with Crippen LogP contribution in [0.4, 0.5) is 0 Å². The summed E-state index contributed by atoms with van der Waals surface area (Å²) in [6, 6.07) is 5.28. The summed E-state index contributed by atoms with van der Waals surface area (Å²) in [4.78, 5) is 40.0. The molecule has 0 fully saturated rings. The van der Waals surface area contributed by atoms with Crippen molar-refractivity contribution in [2.45, 2.75) is 88.2 Å². The van der Waals surface area contributed by atoms with Crippen molar-refractivity contribution < 1.29 is 19.1 Å². The zero-order chi connectivity index (χ0) is 31.0. The molecule has 0 aliphatic heterocycles. The Labute approximate surface area is 261 Å². The third kappa shape index (κ3) is 18.7. The minimum atomic E-state index is -0.565. The van der Waals surface area contributed by atoms with Crippen LogP contribution in [0.3, 0.4) is 0 Å². The number of nitrogens with two attached hydrogens (primary N) is 3. The van der Waals surface area contributed by atoms with Gasteiger partial charge in [0.1, 0.15) is 12.4 Å². The molecule has 3 amide bonds. The van der Waals surface area contributed by atoms with E-state index in [1.54, 1.807) is 0 Å². The molecule has 0 radical (unpaired) electrons. The first-order valence-electron chi connectivity index (χ1n) is 14.8. The summed E-state index contributed by atoms with van der Waals surface area (Å²) in [5, 5.41) is 8.63. The Bertz CT molecular complexity index is 962. The summed E-state index contributed by atoms with van der Waals surface area (Å²) in [6.07, 6.45) is 7.91. The van der Waals surface area contributed by atoms with Crippen LogP contribution in [0.1, 0.15) is 81.8 Å². The minimum absolute atomic E-state index is 0.0122. The first-order chi connectivity index (χ1) is 20.3. The Morgan fingerprint density at radius 1 is 0.786 bits per heavy atom. The normalized spacial score (nSPS) is 11.4. The van der Waals surface area contributed by atoms with Gasteiger partial charge in [-0.3, -0.25) is 19.4 Å². The number of hydrogen-bond acceptors (Lipinski definition) is 8. The lowest BCUT2D eigenvalue weighted by atomic mass is 10.1. The van der Waals surface area contributed by atoms with Gasteiger partial charge in [-0.25, -0.2) is 0 Å². The highest BCUT2D eigenvalue weighted by atomic mass is 32.1. The van der Waals surface area contributed by atoms with E-state index in [-0.39, 0.29) is 23.7 Å². The van der Waals surface area contributed by atoms with E-state index in [0.717, 1.165) is 68.2 Å². The van der Waals surface area contributed by atoms with Crippen LogP contribution in [0, 0.1) is 0 Å². The summed E-state index contributed by atoms with van der Waals surface area (Å²) >= 11 is 8.66. The number of thiol groups is 2. The molecule has 1 atom stereocenters. The number of aliphatic imine (C=N–C) groups is 1. The molecule has 0 spiro atoms. The molecule has 0 heterocycles. The van der Waals surface area contributed by atoms with E-state index in [1.807, 2.05) is 18.2 Å². The van der Waals surface area contributed by atoms with Crippen molar-refractivity contribution in [1.82, 2.24) is 16.0 Å². The van der Waals surface area contributed by atoms with E-state index in [0.29, 0.717) is 63.6 Å². The molecule has 0 saturated heterocycles. The molecule has 1 aromatic carbocycles. The Morgan fingerprint density at radius 2 is 1.40 bits per heavy atom. The SMILES string of the molecule is NC(N)=NCCCCCC(=O)NCCCC[C@H](N)C(=O)NCCCCCC(=O)NCCOc1ccc(CS)c(CS)c1. The van der Waals surface area contributed by atoms with Crippen LogP contribution in [0.5, 0.6) is 5.75 Å². The van der Waals surface area contributed by atoms with Crippen LogP contribution in [0.15, 0.2) is 23.2 Å². The molecule has 0 saturated carbocycles. The smallest absolute Gasteiger partial charge is 0.236 e. The van der Waals surface area contributed by atoms with Gasteiger partial charge in [0.25, 0.3) is 0 Å². The zero-order valence-corrected chi connectivity index (χ0v) is 26.5. The van der Waals surface area contributed by atoms with E-state index in [1.165, 1.54) is 0 Å². The standard InChI is InChI=1S/C29H51N7O4S2/c30-25(9-5-8-14-33-26(37)10-4-2-7-16-36-29(31)32)28(39)35-15-6-1-3-11-27(38)34-17-18-40-24-13-12-22(20-41)23(19-24)21-42/h12-13,19,25,41-42H,1-11,14-18,20-21,30H2,(H,33,37)(H,34,38)(H,35,39)(H4,31,32,36)/t25-/m0/s1. The van der Waals surface area contributed by atoms with E-state index in [9.17, 15) is 14.4 Å². The van der Waals surface area contributed by atoms with Crippen molar-refractivity contribution in [2.24, 2.45) is 22.2 Å². The monoisotopic (exact) mass is 625 g/mol. The number of nitrogens with one attached hydrogen (secondary N) is 3. The number of unbranched alkanes of at least 4 members (excludes halogenated alkanes) is 5. The number of rotatable bonds is 24. The molecule has 0 aliphatic rings. The van der Waals surface area contributed by atoms with Crippen molar-refractivity contribution >= 4 is 48.9 Å². The molecule has 42 heavy (non-hydrogen) atoms. The highest BCUT2D eigenvalue weighted by Gasteiger charge is 2.12. The maximum atomic E-state index is 12.2. The second-order valence-corrected chi connectivity index (χ2v) is 10.7. The topological polar surface area (TPSA) is 187 Å². The third-order valence-corrected chi connectivity index (χ3v) is 7.23. The summed E-state index contributed by atoms with van der Waals surface area (Å²) in [5.41, 5.74) is 18.8. The molecule has 0 bridgehead atoms. The van der Waals surface area contributed by atoms with Gasteiger partial charge in [-0.05, 0) is 68.2 Å². The molecule has 11 nitrogen and oxygen atoms in total. The van der Waals surface area contributed by atoms with Gasteiger partial charge in [0.15, 0.2) is 5.96 Å². The predicted octanol–water partition coefficient (Wildman–Crippen LogP) is 2.17. The summed E-state index contributed by atoms with van der Waals surface area (Å²) in [6.45, 7) is 2.52. The quantitative estimate of drug-likeness (QED) is 0.0374. The fourth-order valence-corrected chi connectivity index (χ4v) is 4.69. The highest BCUT2D eigenvalue weighted by molar-refractivity contribution is 7.79. The lowest BCUT2D eigenvalue weighted by Gasteiger charge is -2.12. The van der Waals surface area contributed by atoms with Crippen LogP contribution in [0.25, 0.3) is 0 Å². The molecular formula is C29H51N7O4S2. The lowest BCUT2D eigenvalue weighted by molar-refractivity contribution is -0.123. The fourth-order valence-electron chi connectivity index (χ4n) is 4.09. The first-order valence-corrected chi connectivity index (χ1v) is 16.1. The lowest BCUT2D eigenvalue weighted by Crippen LogP contribution is -2.41. The average Bonchev–Trinajstić information content (AvgIpc) is 2.98.